The van der Waals surface area contributed by atoms with Gasteiger partial charge in [-0.3, -0.25) is 14.3 Å². The molecule has 56 heavy (non-hydrogen) atoms. The van der Waals surface area contributed by atoms with E-state index in [4.69, 9.17) is 25.1 Å². The van der Waals surface area contributed by atoms with Crippen molar-refractivity contribution in [2.45, 2.75) is 39.2 Å². The number of allylic oxidation sites excluding steroid dienone is 2. The number of aliphatic hydroxyl groups is 1. The summed E-state index contributed by atoms with van der Waals surface area (Å²) in [5.41, 5.74) is 7.23. The SMILES string of the molecule is C1=CCCCC1.CCO.COS(=O)(=O)[O-].C[N+](C)(C)CCOc1cc(O)ccc1N.C[N+](C)(C)CCOc1cc(OCc2ccccc2)ccc1[N+](=O)[O-].Cl.[Cl-]. The van der Waals surface area contributed by atoms with Gasteiger partial charge in [0.25, 0.3) is 0 Å². The van der Waals surface area contributed by atoms with Gasteiger partial charge < -0.3 is 56.1 Å². The zero-order valence-corrected chi connectivity index (χ0v) is 36.1. The third-order valence-corrected chi connectivity index (χ3v) is 7.18. The van der Waals surface area contributed by atoms with Gasteiger partial charge in [-0.25, -0.2) is 8.42 Å². The molecule has 18 heteroatoms. The number of rotatable bonds is 13. The molecular formula is C38H62Cl2N4O11S. The lowest BCUT2D eigenvalue weighted by Gasteiger charge is -2.23. The molecule has 0 saturated carbocycles. The quantitative estimate of drug-likeness (QED) is 0.0332. The minimum atomic E-state index is -4.41. The summed E-state index contributed by atoms with van der Waals surface area (Å²) in [6.07, 6.45) is 10.0. The van der Waals surface area contributed by atoms with E-state index in [0.29, 0.717) is 37.0 Å². The number of phenolic OH excluding ortho intramolecular Hbond substituents is 1. The van der Waals surface area contributed by atoms with Gasteiger partial charge in [0.1, 0.15) is 50.2 Å². The molecule has 3 aromatic carbocycles. The minimum absolute atomic E-state index is 0. The Morgan fingerprint density at radius 1 is 0.821 bits per heavy atom. The maximum Gasteiger partial charge on any atom is 0.311 e. The van der Waals surface area contributed by atoms with Gasteiger partial charge in [0.15, 0.2) is 0 Å². The molecule has 0 spiro atoms. The van der Waals surface area contributed by atoms with Crippen molar-refractivity contribution in [2.75, 3.05) is 88.0 Å². The number of ether oxygens (including phenoxy) is 3. The number of nitrogen functional groups attached to an aromatic ring is 1. The van der Waals surface area contributed by atoms with E-state index in [1.165, 1.54) is 37.8 Å². The zero-order chi connectivity index (χ0) is 41.2. The summed E-state index contributed by atoms with van der Waals surface area (Å²) in [6, 6.07) is 19.0. The van der Waals surface area contributed by atoms with E-state index in [0.717, 1.165) is 34.7 Å². The van der Waals surface area contributed by atoms with E-state index in [1.54, 1.807) is 31.2 Å². The van der Waals surface area contributed by atoms with Crippen LogP contribution in [0, 0.1) is 10.1 Å². The lowest BCUT2D eigenvalue weighted by atomic mass is 10.1. The third kappa shape index (κ3) is 31.3. The topological polar surface area (TPSA) is 204 Å². The van der Waals surface area contributed by atoms with E-state index in [1.807, 2.05) is 51.5 Å². The fourth-order valence-corrected chi connectivity index (χ4v) is 3.86. The Kier molecular flexibility index (Phi) is 30.5. The van der Waals surface area contributed by atoms with Gasteiger partial charge >= 0.3 is 5.69 Å². The molecule has 4 rings (SSSR count). The molecule has 15 nitrogen and oxygen atoms in total. The van der Waals surface area contributed by atoms with Crippen molar-refractivity contribution in [1.29, 1.82) is 0 Å². The van der Waals surface area contributed by atoms with E-state index in [2.05, 4.69) is 37.5 Å². The number of nitro benzene ring substituents is 1. The molecule has 4 N–H and O–H groups in total. The number of likely N-dealkylation sites (N-methyl/N-ethyl adjacent to an activating group) is 2. The molecule has 0 radical (unpaired) electrons. The minimum Gasteiger partial charge on any atom is -1.00 e. The Hall–Kier alpha value is -3.87. The Balaban J connectivity index is -0.000000745. The molecule has 0 atom stereocenters. The van der Waals surface area contributed by atoms with Crippen molar-refractivity contribution in [2.24, 2.45) is 0 Å². The second-order valence-electron chi connectivity index (χ2n) is 13.8. The van der Waals surface area contributed by atoms with E-state index in [9.17, 15) is 28.2 Å². The number of hydrogen-bond donors (Lipinski definition) is 3. The van der Waals surface area contributed by atoms with E-state index < -0.39 is 15.3 Å². The maximum atomic E-state index is 11.2. The van der Waals surface area contributed by atoms with Crippen LogP contribution in [0.3, 0.4) is 0 Å². The molecule has 320 valence electrons. The molecule has 0 unspecified atom stereocenters. The first-order valence-electron chi connectivity index (χ1n) is 17.4. The molecule has 1 aliphatic carbocycles. The highest BCUT2D eigenvalue weighted by Gasteiger charge is 2.18. The average Bonchev–Trinajstić information content (AvgIpc) is 3.10. The number of hydrogen-bond acceptors (Lipinski definition) is 12. The second kappa shape index (κ2) is 30.3. The van der Waals surface area contributed by atoms with Crippen molar-refractivity contribution in [3.8, 4) is 23.0 Å². The highest BCUT2D eigenvalue weighted by atomic mass is 35.5. The standard InChI is InChI=1S/C18H23N2O4.C11H18N2O2.C6H10.C2H6O.CH4O4S.2ClH/c1-20(2,3)11-12-23-18-13-16(9-10-17(18)19(21)22)24-14-15-7-5-4-6-8-15;1-13(2,3)6-7-15-11-8-9(14)4-5-10(11)12;1-2-4-6-5-3-1;1-2-3;1-5-6(2,3)4;;/h4-10,13H,11-12,14H2,1-3H3;4-5,8H,6-7,12H2,1-3H3;1-2H,3-6H2;3H,2H2,1H3;1H3,(H,2,3,4);2*1H/q+1;;;;;;/p-1. The molecule has 3 aromatic rings. The summed E-state index contributed by atoms with van der Waals surface area (Å²) in [6.45, 7) is 4.93. The van der Waals surface area contributed by atoms with Gasteiger partial charge in [-0.1, -0.05) is 42.5 Å². The second-order valence-corrected chi connectivity index (χ2v) is 14.9. The highest BCUT2D eigenvalue weighted by molar-refractivity contribution is 7.80. The van der Waals surface area contributed by atoms with Crippen molar-refractivity contribution in [3.05, 3.63) is 94.6 Å². The van der Waals surface area contributed by atoms with Crippen LogP contribution in [0.2, 0.25) is 0 Å². The van der Waals surface area contributed by atoms with Crippen LogP contribution in [-0.2, 0) is 21.2 Å². The number of nitrogens with two attached hydrogens (primary N) is 1. The number of aliphatic hydroxyl groups excluding tert-OH is 1. The Morgan fingerprint density at radius 2 is 1.30 bits per heavy atom. The smallest absolute Gasteiger partial charge is 0.311 e. The fraction of sp³-hybridized carbons (Fsp3) is 0.474. The van der Waals surface area contributed by atoms with Crippen LogP contribution in [0.25, 0.3) is 0 Å². The molecule has 0 bridgehead atoms. The van der Waals surface area contributed by atoms with Crippen LogP contribution in [0.4, 0.5) is 11.4 Å². The molecule has 0 fully saturated rings. The predicted molar refractivity (Wildman–Crippen MR) is 218 cm³/mol. The van der Waals surface area contributed by atoms with Gasteiger partial charge in [-0.2, -0.15) is 0 Å². The third-order valence-electron chi connectivity index (χ3n) is 6.78. The van der Waals surface area contributed by atoms with Crippen molar-refractivity contribution >= 4 is 34.2 Å². The monoisotopic (exact) mass is 852 g/mol. The van der Waals surface area contributed by atoms with Gasteiger partial charge in [0, 0.05) is 24.8 Å². The van der Waals surface area contributed by atoms with Crippen molar-refractivity contribution in [3.63, 3.8) is 0 Å². The Morgan fingerprint density at radius 3 is 1.71 bits per heavy atom. The zero-order valence-electron chi connectivity index (χ0n) is 33.8. The summed E-state index contributed by atoms with van der Waals surface area (Å²) >= 11 is 0. The normalized spacial score (nSPS) is 11.7. The first-order valence-corrected chi connectivity index (χ1v) is 18.7. The van der Waals surface area contributed by atoms with Crippen LogP contribution in [0.5, 0.6) is 23.0 Å². The van der Waals surface area contributed by atoms with Gasteiger partial charge in [-0.05, 0) is 56.4 Å². The van der Waals surface area contributed by atoms with Crippen LogP contribution in [-0.4, -0.2) is 119 Å². The van der Waals surface area contributed by atoms with Gasteiger partial charge in [0.2, 0.25) is 16.1 Å². The molecule has 0 amide bonds. The molecule has 0 heterocycles. The first kappa shape index (κ1) is 56.5. The molecular weight excluding hydrogens is 791 g/mol. The molecule has 0 saturated heterocycles. The maximum absolute atomic E-state index is 11.2. The van der Waals surface area contributed by atoms with E-state index >= 15 is 0 Å². The van der Waals surface area contributed by atoms with Crippen LogP contribution in [0.1, 0.15) is 38.2 Å². The number of aromatic hydroxyl groups is 1. The summed E-state index contributed by atoms with van der Waals surface area (Å²) < 4.78 is 49.4. The van der Waals surface area contributed by atoms with Crippen LogP contribution < -0.4 is 32.4 Å². The number of anilines is 1. The molecule has 0 aromatic heterocycles. The fourth-order valence-electron chi connectivity index (χ4n) is 3.86. The highest BCUT2D eigenvalue weighted by Crippen LogP contribution is 2.31. The lowest BCUT2D eigenvalue weighted by molar-refractivity contribution is -0.870. The van der Waals surface area contributed by atoms with Crippen LogP contribution >= 0.6 is 12.4 Å². The number of halogens is 2. The first-order chi connectivity index (χ1) is 25.2. The van der Waals surface area contributed by atoms with E-state index in [-0.39, 0.29) is 48.6 Å². The number of phenols is 1. The summed E-state index contributed by atoms with van der Waals surface area (Å²) in [7, 11) is 8.79. The van der Waals surface area contributed by atoms with Crippen molar-refractivity contribution < 1.29 is 67.9 Å². The Bertz CT molecular complexity index is 1610. The Labute approximate surface area is 345 Å². The number of quaternary nitrogens is 2. The molecule has 0 aliphatic heterocycles. The van der Waals surface area contributed by atoms with Gasteiger partial charge in [-0.15, -0.1) is 12.4 Å². The van der Waals surface area contributed by atoms with Crippen LogP contribution in [0.15, 0.2) is 78.9 Å². The summed E-state index contributed by atoms with van der Waals surface area (Å²) in [5, 5.41) is 28.0. The average molecular weight is 854 g/mol. The molecule has 1 aliphatic rings. The number of nitro groups is 1. The van der Waals surface area contributed by atoms with Crippen molar-refractivity contribution in [1.82, 2.24) is 0 Å². The summed E-state index contributed by atoms with van der Waals surface area (Å²) in [5.74, 6) is 1.50. The number of nitrogens with zero attached hydrogens (tertiary/aromatic N) is 3. The van der Waals surface area contributed by atoms with Gasteiger partial charge in [0.05, 0.1) is 60.0 Å². The largest absolute Gasteiger partial charge is 1.00 e. The number of benzene rings is 3. The summed E-state index contributed by atoms with van der Waals surface area (Å²) in [4.78, 5) is 10.7. The predicted octanol–water partition coefficient (Wildman–Crippen LogP) is 2.95. The lowest BCUT2D eigenvalue weighted by Crippen LogP contribution is -3.00.